The molecule has 124 valence electrons. The van der Waals surface area contributed by atoms with Crippen LogP contribution in [0.4, 0.5) is 30.7 Å². The Balaban J connectivity index is -0.0000000693. The maximum absolute atomic E-state index is 11.9. The third kappa shape index (κ3) is 13.7. The number of rotatable bonds is 0. The van der Waals surface area contributed by atoms with Crippen LogP contribution in [0.3, 0.4) is 0 Å². The predicted molar refractivity (Wildman–Crippen MR) is 67.0 cm³/mol. The third-order valence-corrected chi connectivity index (χ3v) is 1.06. The van der Waals surface area contributed by atoms with Gasteiger partial charge in [-0.1, -0.05) is 55.4 Å². The second-order valence-corrected chi connectivity index (χ2v) is 2.00. The number of hydrogen-bond donors (Lipinski definition) is 0. The molecule has 0 atom stereocenters. The Kier molecular flexibility index (Phi) is 25.5. The average Bonchev–Trinajstić information content (AvgIpc) is 2.36. The first-order valence-electron chi connectivity index (χ1n) is 6.32. The van der Waals surface area contributed by atoms with Crippen LogP contribution >= 0.6 is 0 Å². The fraction of sp³-hybridized carbons (Fsp3) is 1.00. The van der Waals surface area contributed by atoms with Gasteiger partial charge >= 0.3 is 12.4 Å². The average molecular weight is 304 g/mol. The standard InChI is InChI=1S/C4H3F7.4C2H6/c1-2(5,3(6,7)8)4(9,10)11;4*1-2/h1H3;4*1-2H3. The van der Waals surface area contributed by atoms with Gasteiger partial charge in [0.1, 0.15) is 0 Å². The molecular weight excluding hydrogens is 277 g/mol. The molecule has 0 aromatic heterocycles. The van der Waals surface area contributed by atoms with Gasteiger partial charge in [-0.2, -0.15) is 26.3 Å². The molecule has 0 aromatic rings. The number of alkyl halides is 7. The van der Waals surface area contributed by atoms with E-state index in [9.17, 15) is 30.7 Å². The van der Waals surface area contributed by atoms with Crippen LogP contribution in [0.2, 0.25) is 0 Å². The summed E-state index contributed by atoms with van der Waals surface area (Å²) in [6.45, 7) is 15.4. The molecule has 0 aliphatic rings. The lowest BCUT2D eigenvalue weighted by molar-refractivity contribution is -0.334. The van der Waals surface area contributed by atoms with Crippen LogP contribution in [0, 0.1) is 0 Å². The van der Waals surface area contributed by atoms with Gasteiger partial charge in [-0.05, 0) is 6.92 Å². The Bertz CT molecular complexity index is 129. The van der Waals surface area contributed by atoms with E-state index in [1.165, 1.54) is 0 Å². The molecule has 0 aliphatic heterocycles. The van der Waals surface area contributed by atoms with Gasteiger partial charge in [0.2, 0.25) is 0 Å². The topological polar surface area (TPSA) is 0 Å². The van der Waals surface area contributed by atoms with Gasteiger partial charge in [0.05, 0.1) is 0 Å². The minimum Gasteiger partial charge on any atom is -0.224 e. The maximum Gasteiger partial charge on any atom is 0.431 e. The molecule has 19 heavy (non-hydrogen) atoms. The summed E-state index contributed by atoms with van der Waals surface area (Å²) in [5.74, 6) is 0. The fourth-order valence-corrected chi connectivity index (χ4v) is 0.161. The fourth-order valence-electron chi connectivity index (χ4n) is 0.161. The zero-order valence-corrected chi connectivity index (χ0v) is 13.1. The lowest BCUT2D eigenvalue weighted by Gasteiger charge is -2.25. The van der Waals surface area contributed by atoms with Crippen molar-refractivity contribution < 1.29 is 30.7 Å². The highest BCUT2D eigenvalue weighted by atomic mass is 19.4. The molecule has 0 rings (SSSR count). The van der Waals surface area contributed by atoms with Crippen molar-refractivity contribution in [2.24, 2.45) is 0 Å². The molecular formula is C12H27F7. The van der Waals surface area contributed by atoms with Gasteiger partial charge in [-0.3, -0.25) is 0 Å². The van der Waals surface area contributed by atoms with Gasteiger partial charge in [0, 0.05) is 0 Å². The monoisotopic (exact) mass is 304 g/mol. The zero-order valence-electron chi connectivity index (χ0n) is 13.1. The Morgan fingerprint density at radius 1 is 0.421 bits per heavy atom. The first-order chi connectivity index (χ1) is 8.50. The van der Waals surface area contributed by atoms with Crippen LogP contribution in [0.5, 0.6) is 0 Å². The Morgan fingerprint density at radius 2 is 0.526 bits per heavy atom. The molecule has 0 saturated heterocycles. The van der Waals surface area contributed by atoms with Crippen LogP contribution in [-0.2, 0) is 0 Å². The van der Waals surface area contributed by atoms with Crippen molar-refractivity contribution >= 4 is 0 Å². The van der Waals surface area contributed by atoms with Crippen molar-refractivity contribution in [3.63, 3.8) is 0 Å². The molecule has 0 aromatic carbocycles. The molecule has 0 spiro atoms. The molecule has 0 unspecified atom stereocenters. The van der Waals surface area contributed by atoms with Crippen LogP contribution in [0.15, 0.2) is 0 Å². The largest absolute Gasteiger partial charge is 0.431 e. The highest BCUT2D eigenvalue weighted by Crippen LogP contribution is 2.45. The molecule has 0 aliphatic carbocycles. The van der Waals surface area contributed by atoms with Gasteiger partial charge < -0.3 is 0 Å². The zero-order chi connectivity index (χ0) is 17.5. The van der Waals surface area contributed by atoms with Gasteiger partial charge in [-0.15, -0.1) is 0 Å². The van der Waals surface area contributed by atoms with E-state index in [1.807, 2.05) is 55.4 Å². The van der Waals surface area contributed by atoms with Crippen molar-refractivity contribution in [1.29, 1.82) is 0 Å². The third-order valence-electron chi connectivity index (χ3n) is 1.06. The van der Waals surface area contributed by atoms with Crippen molar-refractivity contribution in [2.45, 2.75) is 80.3 Å². The Morgan fingerprint density at radius 3 is 0.526 bits per heavy atom. The second-order valence-electron chi connectivity index (χ2n) is 2.00. The summed E-state index contributed by atoms with van der Waals surface area (Å²) in [7, 11) is 0. The van der Waals surface area contributed by atoms with E-state index in [-0.39, 0.29) is 0 Å². The second kappa shape index (κ2) is 15.6. The molecule has 0 fully saturated rings. The van der Waals surface area contributed by atoms with E-state index < -0.39 is 24.9 Å². The van der Waals surface area contributed by atoms with Crippen LogP contribution in [0.25, 0.3) is 0 Å². The molecule has 0 amide bonds. The van der Waals surface area contributed by atoms with E-state index in [4.69, 9.17) is 0 Å². The van der Waals surface area contributed by atoms with Crippen LogP contribution in [0.1, 0.15) is 62.3 Å². The van der Waals surface area contributed by atoms with Gasteiger partial charge in [-0.25, -0.2) is 4.39 Å². The Hall–Kier alpha value is -0.490. The van der Waals surface area contributed by atoms with Crippen molar-refractivity contribution in [3.05, 3.63) is 0 Å². The van der Waals surface area contributed by atoms with Crippen molar-refractivity contribution in [1.82, 2.24) is 0 Å². The van der Waals surface area contributed by atoms with E-state index in [2.05, 4.69) is 0 Å². The molecule has 0 heterocycles. The summed E-state index contributed by atoms with van der Waals surface area (Å²) in [6, 6.07) is 0. The van der Waals surface area contributed by atoms with Crippen LogP contribution < -0.4 is 0 Å². The normalized spacial score (nSPS) is 10.1. The van der Waals surface area contributed by atoms with Crippen LogP contribution in [-0.4, -0.2) is 18.0 Å². The first kappa shape index (κ1) is 31.1. The summed E-state index contributed by atoms with van der Waals surface area (Å²) in [5.41, 5.74) is -5.12. The summed E-state index contributed by atoms with van der Waals surface area (Å²) in [4.78, 5) is 0. The van der Waals surface area contributed by atoms with Crippen molar-refractivity contribution in [3.8, 4) is 0 Å². The van der Waals surface area contributed by atoms with E-state index in [0.717, 1.165) is 0 Å². The predicted octanol–water partition coefficient (Wildman–Crippen LogP) is 6.94. The molecule has 0 nitrogen and oxygen atoms in total. The maximum atomic E-state index is 11.9. The Labute approximate surface area is 112 Å². The van der Waals surface area contributed by atoms with Gasteiger partial charge in [0.15, 0.2) is 0 Å². The highest BCUT2D eigenvalue weighted by molar-refractivity contribution is 4.89. The molecule has 0 N–H and O–H groups in total. The summed E-state index contributed by atoms with van der Waals surface area (Å²) in [5, 5.41) is 0. The first-order valence-corrected chi connectivity index (χ1v) is 6.32. The minimum atomic E-state index is -5.91. The molecule has 0 saturated carbocycles. The lowest BCUT2D eigenvalue weighted by atomic mass is 10.1. The summed E-state index contributed by atoms with van der Waals surface area (Å²) in [6.07, 6.45) is -11.8. The molecule has 0 bridgehead atoms. The molecule has 7 heteroatoms. The smallest absolute Gasteiger partial charge is 0.224 e. The van der Waals surface area contributed by atoms with Gasteiger partial charge in [0.25, 0.3) is 5.67 Å². The summed E-state index contributed by atoms with van der Waals surface area (Å²) < 4.78 is 79.3. The minimum absolute atomic E-state index is 0.562. The van der Waals surface area contributed by atoms with E-state index in [1.54, 1.807) is 0 Å². The highest BCUT2D eigenvalue weighted by Gasteiger charge is 2.69. The quantitative estimate of drug-likeness (QED) is 0.425. The van der Waals surface area contributed by atoms with Crippen molar-refractivity contribution in [2.75, 3.05) is 0 Å². The van der Waals surface area contributed by atoms with E-state index in [0.29, 0.717) is 0 Å². The lowest BCUT2D eigenvalue weighted by Crippen LogP contribution is -2.50. The number of halogens is 7. The SMILES string of the molecule is CC.CC.CC.CC.CC(F)(C(F)(F)F)C(F)(F)F. The number of hydrogen-bond acceptors (Lipinski definition) is 0. The molecule has 0 radical (unpaired) electrons. The summed E-state index contributed by atoms with van der Waals surface area (Å²) >= 11 is 0. The van der Waals surface area contributed by atoms with E-state index >= 15 is 0 Å².